The number of nitrogens with one attached hydrogen (secondary N) is 1. The Bertz CT molecular complexity index is 668. The van der Waals surface area contributed by atoms with E-state index in [0.717, 1.165) is 0 Å². The van der Waals surface area contributed by atoms with E-state index in [1.54, 1.807) is 18.7 Å². The normalized spacial score (nSPS) is 12.2. The third kappa shape index (κ3) is 4.77. The fourth-order valence-corrected chi connectivity index (χ4v) is 2.89. The van der Waals surface area contributed by atoms with Gasteiger partial charge in [0.1, 0.15) is 0 Å². The van der Waals surface area contributed by atoms with E-state index in [2.05, 4.69) is 20.5 Å². The van der Waals surface area contributed by atoms with E-state index in [-0.39, 0.29) is 16.7 Å². The van der Waals surface area contributed by atoms with Gasteiger partial charge < -0.3 is 9.73 Å². The molecule has 0 saturated heterocycles. The Kier molecular flexibility index (Phi) is 6.37. The number of carbonyl (C=O) groups is 1. The molecule has 118 valence electrons. The Balaban J connectivity index is 1.96. The zero-order valence-electron chi connectivity index (χ0n) is 11.7. The Morgan fingerprint density at radius 1 is 1.45 bits per heavy atom. The van der Waals surface area contributed by atoms with Crippen molar-refractivity contribution in [2.45, 2.75) is 23.1 Å². The van der Waals surface area contributed by atoms with Crippen LogP contribution in [0.5, 0.6) is 0 Å². The average Bonchev–Trinajstić information content (AvgIpc) is 2.89. The first-order valence-corrected chi connectivity index (χ1v) is 9.12. The molecule has 0 fully saturated rings. The molecule has 2 aromatic rings. The highest BCUT2D eigenvalue weighted by Gasteiger charge is 2.19. The van der Waals surface area contributed by atoms with Gasteiger partial charge in [0.15, 0.2) is 5.82 Å². The van der Waals surface area contributed by atoms with Crippen LogP contribution in [0.25, 0.3) is 0 Å². The highest BCUT2D eigenvalue weighted by Crippen LogP contribution is 2.26. The molecule has 1 unspecified atom stereocenters. The third-order valence-electron chi connectivity index (χ3n) is 2.41. The van der Waals surface area contributed by atoms with Gasteiger partial charge in [-0.1, -0.05) is 35.0 Å². The number of aromatic nitrogens is 3. The summed E-state index contributed by atoms with van der Waals surface area (Å²) in [5, 5.41) is 11.0. The molecule has 0 radical (unpaired) electrons. The quantitative estimate of drug-likeness (QED) is 0.766. The number of pyridine rings is 1. The minimum Gasteiger partial charge on any atom is -0.415 e. The van der Waals surface area contributed by atoms with Crippen molar-refractivity contribution in [2.24, 2.45) is 0 Å². The molecule has 0 aromatic carbocycles. The number of carbonyl (C=O) groups excluding carboxylic acids is 1. The van der Waals surface area contributed by atoms with Crippen molar-refractivity contribution < 1.29 is 9.21 Å². The average molecular weight is 379 g/mol. The van der Waals surface area contributed by atoms with Crippen LogP contribution in [0.4, 0.5) is 5.82 Å². The van der Waals surface area contributed by atoms with Gasteiger partial charge in [-0.3, -0.25) is 4.79 Å². The van der Waals surface area contributed by atoms with E-state index in [0.29, 0.717) is 21.9 Å². The highest BCUT2D eigenvalue weighted by atomic mass is 35.5. The number of thioether (sulfide) groups is 2. The Hall–Kier alpha value is -0.960. The van der Waals surface area contributed by atoms with Crippen molar-refractivity contribution in [3.8, 4) is 0 Å². The summed E-state index contributed by atoms with van der Waals surface area (Å²) < 4.78 is 5.42. The van der Waals surface area contributed by atoms with Crippen molar-refractivity contribution in [2.75, 3.05) is 11.6 Å². The Morgan fingerprint density at radius 3 is 2.91 bits per heavy atom. The molecule has 0 aliphatic heterocycles. The first-order valence-electron chi connectivity index (χ1n) is 6.09. The van der Waals surface area contributed by atoms with Gasteiger partial charge in [-0.15, -0.1) is 10.2 Å². The van der Waals surface area contributed by atoms with Gasteiger partial charge in [-0.2, -0.15) is 11.8 Å². The number of rotatable bonds is 6. The van der Waals surface area contributed by atoms with E-state index in [9.17, 15) is 4.79 Å². The molecule has 0 aliphatic carbocycles. The second-order valence-corrected chi connectivity index (χ2v) is 7.13. The van der Waals surface area contributed by atoms with Crippen LogP contribution >= 0.6 is 46.7 Å². The summed E-state index contributed by atoms with van der Waals surface area (Å²) in [6.45, 7) is 1.72. The molecular formula is C12H12Cl2N4O2S2. The van der Waals surface area contributed by atoms with Gasteiger partial charge >= 0.3 is 0 Å². The molecule has 1 atom stereocenters. The minimum absolute atomic E-state index is 0.261. The summed E-state index contributed by atoms with van der Waals surface area (Å²) in [4.78, 5) is 16.1. The van der Waals surface area contributed by atoms with Gasteiger partial charge in [0.25, 0.3) is 5.22 Å². The second-order valence-electron chi connectivity index (χ2n) is 4.13. The van der Waals surface area contributed by atoms with Gasteiger partial charge in [-0.05, 0) is 19.2 Å². The van der Waals surface area contributed by atoms with Crippen LogP contribution in [-0.2, 0) is 10.5 Å². The molecule has 22 heavy (non-hydrogen) atoms. The van der Waals surface area contributed by atoms with E-state index in [1.807, 2.05) is 6.26 Å². The fourth-order valence-electron chi connectivity index (χ4n) is 1.40. The lowest BCUT2D eigenvalue weighted by Crippen LogP contribution is -2.23. The molecule has 6 nitrogen and oxygen atoms in total. The van der Waals surface area contributed by atoms with Crippen molar-refractivity contribution in [3.63, 3.8) is 0 Å². The minimum atomic E-state index is -0.448. The monoisotopic (exact) mass is 378 g/mol. The summed E-state index contributed by atoms with van der Waals surface area (Å²) in [7, 11) is 0. The van der Waals surface area contributed by atoms with Gasteiger partial charge in [0, 0.05) is 6.20 Å². The summed E-state index contributed by atoms with van der Waals surface area (Å²) in [5.74, 6) is 1.16. The second kappa shape index (κ2) is 8.05. The fraction of sp³-hybridized carbons (Fsp3) is 0.333. The lowest BCUT2D eigenvalue weighted by molar-refractivity contribution is -0.115. The SMILES string of the molecule is CSCc1nnc(SC(C)C(=O)Nc2ncc(Cl)cc2Cl)o1. The lowest BCUT2D eigenvalue weighted by Gasteiger charge is -2.10. The van der Waals surface area contributed by atoms with Gasteiger partial charge in [-0.25, -0.2) is 4.98 Å². The molecule has 2 heterocycles. The zero-order chi connectivity index (χ0) is 16.1. The first kappa shape index (κ1) is 17.4. The molecule has 0 aliphatic rings. The summed E-state index contributed by atoms with van der Waals surface area (Å²) in [6.07, 6.45) is 3.35. The Morgan fingerprint density at radius 2 is 2.23 bits per heavy atom. The van der Waals surface area contributed by atoms with E-state index < -0.39 is 5.25 Å². The van der Waals surface area contributed by atoms with Crippen LogP contribution in [0, 0.1) is 0 Å². The van der Waals surface area contributed by atoms with Crippen LogP contribution in [0.3, 0.4) is 0 Å². The van der Waals surface area contributed by atoms with E-state index in [4.69, 9.17) is 27.6 Å². The molecule has 0 spiro atoms. The number of hydrogen-bond acceptors (Lipinski definition) is 7. The maximum absolute atomic E-state index is 12.1. The van der Waals surface area contributed by atoms with Crippen LogP contribution < -0.4 is 5.32 Å². The topological polar surface area (TPSA) is 80.9 Å². The molecule has 1 amide bonds. The molecule has 0 saturated carbocycles. The van der Waals surface area contributed by atoms with Crippen molar-refractivity contribution >= 4 is 58.5 Å². The summed E-state index contributed by atoms with van der Waals surface area (Å²) >= 11 is 14.5. The van der Waals surface area contributed by atoms with Crippen LogP contribution in [0.2, 0.25) is 10.0 Å². The number of nitrogens with zero attached hydrogens (tertiary/aromatic N) is 3. The Labute approximate surface area is 145 Å². The summed E-state index contributed by atoms with van der Waals surface area (Å²) in [6, 6.07) is 1.51. The lowest BCUT2D eigenvalue weighted by atomic mass is 10.4. The summed E-state index contributed by atoms with van der Waals surface area (Å²) in [5.41, 5.74) is 0. The molecule has 10 heteroatoms. The first-order chi connectivity index (χ1) is 10.5. The van der Waals surface area contributed by atoms with Crippen molar-refractivity contribution in [1.29, 1.82) is 0 Å². The molecule has 0 bridgehead atoms. The van der Waals surface area contributed by atoms with E-state index >= 15 is 0 Å². The maximum atomic E-state index is 12.1. The standard InChI is InChI=1S/C12H12Cl2N4O2S2/c1-6(22-12-18-17-9(20-12)5-21-2)11(19)16-10-8(14)3-7(13)4-15-10/h3-4,6H,5H2,1-2H3,(H,15,16,19). The van der Waals surface area contributed by atoms with Crippen LogP contribution in [0.15, 0.2) is 21.9 Å². The van der Waals surface area contributed by atoms with Crippen LogP contribution in [-0.4, -0.2) is 32.6 Å². The number of halogens is 2. The molecule has 1 N–H and O–H groups in total. The predicted molar refractivity (Wildman–Crippen MR) is 89.7 cm³/mol. The predicted octanol–water partition coefficient (Wildman–Crippen LogP) is 3.75. The largest absolute Gasteiger partial charge is 0.415 e. The maximum Gasteiger partial charge on any atom is 0.277 e. The van der Waals surface area contributed by atoms with Gasteiger partial charge in [0.2, 0.25) is 11.8 Å². The third-order valence-corrected chi connectivity index (χ3v) is 4.38. The molecular weight excluding hydrogens is 367 g/mol. The molecule has 2 rings (SSSR count). The smallest absolute Gasteiger partial charge is 0.277 e. The number of amides is 1. The highest BCUT2D eigenvalue weighted by molar-refractivity contribution is 8.00. The molecule has 2 aromatic heterocycles. The van der Waals surface area contributed by atoms with Gasteiger partial charge in [0.05, 0.1) is 21.0 Å². The van der Waals surface area contributed by atoms with Crippen LogP contribution in [0.1, 0.15) is 12.8 Å². The van der Waals surface area contributed by atoms with E-state index in [1.165, 1.54) is 24.0 Å². The number of anilines is 1. The zero-order valence-corrected chi connectivity index (χ0v) is 14.8. The van der Waals surface area contributed by atoms with Crippen molar-refractivity contribution in [3.05, 3.63) is 28.2 Å². The van der Waals surface area contributed by atoms with Crippen molar-refractivity contribution in [1.82, 2.24) is 15.2 Å². The number of hydrogen-bond donors (Lipinski definition) is 1.